The summed E-state index contributed by atoms with van der Waals surface area (Å²) in [5.41, 5.74) is 0.626. The van der Waals surface area contributed by atoms with Gasteiger partial charge in [0.25, 0.3) is 15.9 Å². The molecular formula is C26H25FN4O6S. The molecule has 0 bridgehead atoms. The molecule has 10 nitrogen and oxygen atoms in total. The van der Waals surface area contributed by atoms with Gasteiger partial charge in [-0.1, -0.05) is 18.2 Å². The Labute approximate surface area is 218 Å². The van der Waals surface area contributed by atoms with E-state index in [1.165, 1.54) is 47.7 Å². The number of hydrogen-bond acceptors (Lipinski definition) is 7. The van der Waals surface area contributed by atoms with E-state index in [1.54, 1.807) is 39.0 Å². The fourth-order valence-corrected chi connectivity index (χ4v) is 5.41. The molecule has 1 N–H and O–H groups in total. The molecule has 5 rings (SSSR count). The van der Waals surface area contributed by atoms with Crippen LogP contribution in [0.5, 0.6) is 0 Å². The van der Waals surface area contributed by atoms with Crippen molar-refractivity contribution in [2.24, 2.45) is 0 Å². The highest BCUT2D eigenvalue weighted by Gasteiger charge is 2.36. The first-order valence-corrected chi connectivity index (χ1v) is 13.2. The zero-order chi connectivity index (χ0) is 27.2. The van der Waals surface area contributed by atoms with Crippen molar-refractivity contribution < 1.29 is 31.6 Å². The number of carbonyl (C=O) groups is 2. The first-order chi connectivity index (χ1) is 17.9. The zero-order valence-corrected chi connectivity index (χ0v) is 21.7. The molecule has 1 atom stereocenters. The van der Waals surface area contributed by atoms with Crippen LogP contribution in [0.3, 0.4) is 0 Å². The second-order valence-corrected chi connectivity index (χ2v) is 11.7. The Morgan fingerprint density at radius 2 is 1.89 bits per heavy atom. The van der Waals surface area contributed by atoms with Crippen LogP contribution in [0.25, 0.3) is 11.0 Å². The van der Waals surface area contributed by atoms with E-state index in [9.17, 15) is 22.4 Å². The van der Waals surface area contributed by atoms with Gasteiger partial charge >= 0.3 is 6.09 Å². The Hall–Kier alpha value is -4.19. The van der Waals surface area contributed by atoms with E-state index in [0.717, 1.165) is 4.09 Å². The van der Waals surface area contributed by atoms with Crippen molar-refractivity contribution in [2.45, 2.75) is 50.4 Å². The van der Waals surface area contributed by atoms with E-state index in [4.69, 9.17) is 9.15 Å². The Bertz CT molecular complexity index is 1630. The minimum atomic E-state index is -3.98. The SMILES string of the molecule is CC(C)(C)OC(=O)N[C@@H](C(=O)N1Cc2cn(S(=O)(=O)c3ccc4occc4c3)nc2C1)c1ccccc1F. The van der Waals surface area contributed by atoms with Crippen LogP contribution in [0.1, 0.15) is 43.6 Å². The molecule has 198 valence electrons. The van der Waals surface area contributed by atoms with E-state index in [2.05, 4.69) is 10.4 Å². The second-order valence-electron chi connectivity index (χ2n) is 9.89. The highest BCUT2D eigenvalue weighted by molar-refractivity contribution is 7.89. The van der Waals surface area contributed by atoms with Gasteiger partial charge in [0.15, 0.2) is 0 Å². The number of amides is 2. The molecule has 0 aliphatic carbocycles. The predicted octanol–water partition coefficient (Wildman–Crippen LogP) is 4.11. The Morgan fingerprint density at radius 1 is 1.13 bits per heavy atom. The van der Waals surface area contributed by atoms with Crippen LogP contribution in [0.2, 0.25) is 0 Å². The summed E-state index contributed by atoms with van der Waals surface area (Å²) in [5.74, 6) is -1.25. The van der Waals surface area contributed by atoms with Gasteiger partial charge in [0, 0.05) is 29.3 Å². The number of furan rings is 1. The van der Waals surface area contributed by atoms with E-state index in [1.807, 2.05) is 0 Å². The van der Waals surface area contributed by atoms with Crippen molar-refractivity contribution in [2.75, 3.05) is 0 Å². The normalized spacial score (nSPS) is 14.4. The molecule has 2 aromatic heterocycles. The molecule has 0 fully saturated rings. The van der Waals surface area contributed by atoms with Crippen LogP contribution in [-0.2, 0) is 32.6 Å². The third-order valence-corrected chi connectivity index (χ3v) is 7.49. The lowest BCUT2D eigenvalue weighted by Gasteiger charge is -2.26. The molecule has 12 heteroatoms. The topological polar surface area (TPSA) is 124 Å². The van der Waals surface area contributed by atoms with Gasteiger partial charge in [-0.05, 0) is 51.1 Å². The van der Waals surface area contributed by atoms with Crippen LogP contribution in [-0.4, -0.2) is 40.1 Å². The zero-order valence-electron chi connectivity index (χ0n) is 20.8. The summed E-state index contributed by atoms with van der Waals surface area (Å²) in [4.78, 5) is 27.4. The van der Waals surface area contributed by atoms with Crippen LogP contribution < -0.4 is 5.32 Å². The van der Waals surface area contributed by atoms with Crippen molar-refractivity contribution in [1.82, 2.24) is 19.4 Å². The number of ether oxygens (including phenoxy) is 1. The number of nitrogens with zero attached hydrogens (tertiary/aromatic N) is 3. The number of fused-ring (bicyclic) bond motifs is 2. The first-order valence-electron chi connectivity index (χ1n) is 11.8. The van der Waals surface area contributed by atoms with Crippen molar-refractivity contribution in [3.8, 4) is 0 Å². The van der Waals surface area contributed by atoms with Crippen molar-refractivity contribution in [1.29, 1.82) is 0 Å². The van der Waals surface area contributed by atoms with Gasteiger partial charge in [-0.2, -0.15) is 17.6 Å². The number of rotatable bonds is 5. The minimum Gasteiger partial charge on any atom is -0.464 e. The molecule has 0 saturated carbocycles. The van der Waals surface area contributed by atoms with E-state index in [-0.39, 0.29) is 23.5 Å². The summed E-state index contributed by atoms with van der Waals surface area (Å²) < 4.78 is 52.4. The number of benzene rings is 2. The Morgan fingerprint density at radius 3 is 2.61 bits per heavy atom. The predicted molar refractivity (Wildman–Crippen MR) is 134 cm³/mol. The summed E-state index contributed by atoms with van der Waals surface area (Å²) in [6.45, 7) is 5.04. The number of nitrogens with one attached hydrogen (secondary N) is 1. The Balaban J connectivity index is 1.37. The molecule has 0 saturated heterocycles. The molecular weight excluding hydrogens is 515 g/mol. The van der Waals surface area contributed by atoms with Crippen molar-refractivity contribution >= 4 is 33.0 Å². The van der Waals surface area contributed by atoms with Crippen molar-refractivity contribution in [3.63, 3.8) is 0 Å². The first kappa shape index (κ1) is 25.5. The fraction of sp³-hybridized carbons (Fsp3) is 0.269. The maximum atomic E-state index is 14.6. The maximum absolute atomic E-state index is 14.6. The molecule has 3 heterocycles. The molecule has 1 aliphatic heterocycles. The molecule has 1 aliphatic rings. The van der Waals surface area contributed by atoms with E-state index in [0.29, 0.717) is 22.2 Å². The molecule has 38 heavy (non-hydrogen) atoms. The molecule has 0 spiro atoms. The third kappa shape index (κ3) is 4.86. The van der Waals surface area contributed by atoms with Gasteiger partial charge in [-0.25, -0.2) is 9.18 Å². The maximum Gasteiger partial charge on any atom is 0.408 e. The molecule has 0 radical (unpaired) electrons. The summed E-state index contributed by atoms with van der Waals surface area (Å²) >= 11 is 0. The largest absolute Gasteiger partial charge is 0.464 e. The molecule has 4 aromatic rings. The number of alkyl carbamates (subject to hydrolysis) is 1. The lowest BCUT2D eigenvalue weighted by atomic mass is 10.0. The highest BCUT2D eigenvalue weighted by Crippen LogP contribution is 2.29. The smallest absolute Gasteiger partial charge is 0.408 e. The van der Waals surface area contributed by atoms with Crippen LogP contribution >= 0.6 is 0 Å². The van der Waals surface area contributed by atoms with Gasteiger partial charge < -0.3 is 19.4 Å². The lowest BCUT2D eigenvalue weighted by molar-refractivity contribution is -0.134. The monoisotopic (exact) mass is 540 g/mol. The average molecular weight is 541 g/mol. The van der Waals surface area contributed by atoms with Crippen LogP contribution in [0.4, 0.5) is 9.18 Å². The van der Waals surface area contributed by atoms with Gasteiger partial charge in [-0.3, -0.25) is 4.79 Å². The van der Waals surface area contributed by atoms with Crippen LogP contribution in [0, 0.1) is 5.82 Å². The lowest BCUT2D eigenvalue weighted by Crippen LogP contribution is -2.43. The quantitative estimate of drug-likeness (QED) is 0.404. The second kappa shape index (κ2) is 9.28. The number of carbonyl (C=O) groups excluding carboxylic acids is 2. The summed E-state index contributed by atoms with van der Waals surface area (Å²) in [6.07, 6.45) is 1.96. The van der Waals surface area contributed by atoms with Crippen LogP contribution in [0.15, 0.2) is 70.3 Å². The summed E-state index contributed by atoms with van der Waals surface area (Å²) in [7, 11) is -3.98. The number of aromatic nitrogens is 2. The standard InChI is InChI=1S/C26H25FN4O6S/c1-26(2,3)37-25(33)28-23(19-6-4-5-7-20(19)27)24(32)30-13-17-14-31(29-21(17)15-30)38(34,35)18-8-9-22-16(12-18)10-11-36-22/h4-12,14,23H,13,15H2,1-3H3,(H,28,33)/t23-/m1/s1. The number of hydrogen-bond donors (Lipinski definition) is 1. The minimum absolute atomic E-state index is 0.0155. The number of halogens is 1. The van der Waals surface area contributed by atoms with E-state index >= 15 is 0 Å². The van der Waals surface area contributed by atoms with Gasteiger partial charge in [-0.15, -0.1) is 0 Å². The molecule has 2 aromatic carbocycles. The van der Waals surface area contributed by atoms with Crippen molar-refractivity contribution in [3.05, 3.63) is 83.6 Å². The van der Waals surface area contributed by atoms with Gasteiger partial charge in [0.2, 0.25) is 0 Å². The highest BCUT2D eigenvalue weighted by atomic mass is 32.2. The average Bonchev–Trinajstić information content (AvgIpc) is 3.56. The summed E-state index contributed by atoms with van der Waals surface area (Å²) in [5, 5.41) is 7.34. The van der Waals surface area contributed by atoms with Gasteiger partial charge in [0.05, 0.1) is 23.4 Å². The third-order valence-electron chi connectivity index (χ3n) is 5.96. The summed E-state index contributed by atoms with van der Waals surface area (Å²) in [6, 6.07) is 10.5. The van der Waals surface area contributed by atoms with Gasteiger partial charge in [0.1, 0.15) is 23.0 Å². The van der Waals surface area contributed by atoms with E-state index < -0.39 is 39.5 Å². The molecule has 0 unspecified atom stereocenters. The Kier molecular flexibility index (Phi) is 6.22. The molecule has 2 amide bonds. The fourth-order valence-electron chi connectivity index (χ4n) is 4.21.